The van der Waals surface area contributed by atoms with Crippen LogP contribution in [-0.4, -0.2) is 36.4 Å². The molecular weight excluding hydrogens is 332 g/mol. The molecule has 0 unspecified atom stereocenters. The SMILES string of the molecule is C/C=C1/C[N@@+]2(CCCCC)CC[C@]34C(=C(C=O)[C@H]1C[C@@H]32)Nc1ccccc14. The minimum atomic E-state index is 0.0365. The third-order valence-corrected chi connectivity index (χ3v) is 8.07. The van der Waals surface area contributed by atoms with E-state index in [0.29, 0.717) is 12.0 Å². The fourth-order valence-corrected chi connectivity index (χ4v) is 6.91. The van der Waals surface area contributed by atoms with E-state index in [1.165, 1.54) is 65.8 Å². The maximum absolute atomic E-state index is 12.2. The highest BCUT2D eigenvalue weighted by atomic mass is 16.1. The molecule has 1 aromatic carbocycles. The summed E-state index contributed by atoms with van der Waals surface area (Å²) in [5.41, 5.74) is 6.48. The first-order valence-electron chi connectivity index (χ1n) is 10.8. The normalized spacial score (nSPS) is 37.2. The number of hydrogen-bond acceptors (Lipinski definition) is 2. The summed E-state index contributed by atoms with van der Waals surface area (Å²) in [6.45, 7) is 8.13. The number of para-hydroxylation sites is 1. The number of nitrogens with one attached hydrogen (secondary N) is 1. The Balaban J connectivity index is 1.71. The third-order valence-electron chi connectivity index (χ3n) is 8.07. The number of aldehydes is 1. The average molecular weight is 364 g/mol. The van der Waals surface area contributed by atoms with Gasteiger partial charge in [0.05, 0.1) is 18.5 Å². The Kier molecular flexibility index (Phi) is 3.87. The molecule has 1 N–H and O–H groups in total. The highest BCUT2D eigenvalue weighted by molar-refractivity contribution is 5.84. The van der Waals surface area contributed by atoms with E-state index in [4.69, 9.17) is 0 Å². The standard InChI is InChI=1S/C24H30N2O/c1-3-5-8-12-26-13-11-24-20-9-6-7-10-21(20)25-23(24)19(16-27)18(14-22(24)26)17(4-2)15-26/h4,6-7,9-10,16,18,22H,3,5,8,11-15H2,1-2H3/p+1/b17-4-/t18-,22-,24+,26+/m0/s1. The second-order valence-corrected chi connectivity index (χ2v) is 9.04. The van der Waals surface area contributed by atoms with Gasteiger partial charge < -0.3 is 9.80 Å². The van der Waals surface area contributed by atoms with Crippen LogP contribution in [0.4, 0.5) is 5.69 Å². The van der Waals surface area contributed by atoms with Crippen LogP contribution in [0.5, 0.6) is 0 Å². The average Bonchev–Trinajstić information content (AvgIpc) is 3.22. The lowest BCUT2D eigenvalue weighted by atomic mass is 9.61. The van der Waals surface area contributed by atoms with E-state index in [9.17, 15) is 4.79 Å². The first-order valence-corrected chi connectivity index (χ1v) is 10.8. The van der Waals surface area contributed by atoms with Gasteiger partial charge in [0.25, 0.3) is 0 Å². The maximum atomic E-state index is 12.2. The lowest BCUT2D eigenvalue weighted by molar-refractivity contribution is -0.941. The predicted octanol–water partition coefficient (Wildman–Crippen LogP) is 4.56. The van der Waals surface area contributed by atoms with Gasteiger partial charge in [0.1, 0.15) is 18.9 Å². The van der Waals surface area contributed by atoms with Gasteiger partial charge in [-0.2, -0.15) is 0 Å². The first-order chi connectivity index (χ1) is 13.2. The molecule has 2 bridgehead atoms. The van der Waals surface area contributed by atoms with Gasteiger partial charge in [-0.15, -0.1) is 0 Å². The molecule has 3 heteroatoms. The molecule has 5 rings (SSSR count). The van der Waals surface area contributed by atoms with Crippen molar-refractivity contribution in [2.75, 3.05) is 25.0 Å². The van der Waals surface area contributed by atoms with Crippen LogP contribution < -0.4 is 5.32 Å². The van der Waals surface area contributed by atoms with Crippen LogP contribution >= 0.6 is 0 Å². The van der Waals surface area contributed by atoms with Gasteiger partial charge >= 0.3 is 0 Å². The van der Waals surface area contributed by atoms with Gasteiger partial charge in [-0.05, 0) is 37.0 Å². The Morgan fingerprint density at radius 2 is 2.15 bits per heavy atom. The number of quaternary nitrogens is 1. The van der Waals surface area contributed by atoms with Crippen LogP contribution in [0, 0.1) is 5.92 Å². The largest absolute Gasteiger partial charge is 0.357 e. The molecule has 2 saturated heterocycles. The summed E-state index contributed by atoms with van der Waals surface area (Å²) in [5.74, 6) is 0.318. The van der Waals surface area contributed by atoms with Crippen molar-refractivity contribution < 1.29 is 9.28 Å². The number of anilines is 1. The molecule has 4 atom stereocenters. The summed E-state index contributed by atoms with van der Waals surface area (Å²) in [7, 11) is 0. The lowest BCUT2D eigenvalue weighted by Crippen LogP contribution is -2.63. The number of carbonyl (C=O) groups excluding carboxylic acids is 1. The highest BCUT2D eigenvalue weighted by Crippen LogP contribution is 2.63. The highest BCUT2D eigenvalue weighted by Gasteiger charge is 2.68. The zero-order valence-electron chi connectivity index (χ0n) is 16.6. The van der Waals surface area contributed by atoms with E-state index in [-0.39, 0.29) is 5.41 Å². The van der Waals surface area contributed by atoms with E-state index in [1.54, 1.807) is 0 Å². The monoisotopic (exact) mass is 363 g/mol. The van der Waals surface area contributed by atoms with Gasteiger partial charge in [0, 0.05) is 35.7 Å². The number of nitrogens with zero attached hydrogens (tertiary/aromatic N) is 1. The smallest absolute Gasteiger partial charge is 0.148 e. The van der Waals surface area contributed by atoms with Crippen molar-refractivity contribution in [2.24, 2.45) is 5.92 Å². The molecular formula is C24H31N2O+. The molecule has 0 aromatic heterocycles. The van der Waals surface area contributed by atoms with Crippen molar-refractivity contribution >= 4 is 12.0 Å². The molecule has 2 fully saturated rings. The molecule has 0 radical (unpaired) electrons. The third kappa shape index (κ3) is 2.09. The Morgan fingerprint density at radius 3 is 2.93 bits per heavy atom. The topological polar surface area (TPSA) is 29.1 Å². The molecule has 1 aromatic rings. The first kappa shape index (κ1) is 17.2. The molecule has 3 nitrogen and oxygen atoms in total. The summed E-state index contributed by atoms with van der Waals surface area (Å²) >= 11 is 0. The van der Waals surface area contributed by atoms with Gasteiger partial charge in [0.2, 0.25) is 0 Å². The molecule has 3 heterocycles. The van der Waals surface area contributed by atoms with E-state index in [2.05, 4.69) is 49.5 Å². The lowest BCUT2D eigenvalue weighted by Gasteiger charge is -2.53. The van der Waals surface area contributed by atoms with Crippen LogP contribution in [0.2, 0.25) is 0 Å². The van der Waals surface area contributed by atoms with Gasteiger partial charge in [0.15, 0.2) is 0 Å². The number of carbonyl (C=O) groups is 1. The molecule has 1 spiro atoms. The summed E-state index contributed by atoms with van der Waals surface area (Å²) < 4.78 is 1.24. The van der Waals surface area contributed by atoms with Gasteiger partial charge in [-0.3, -0.25) is 4.79 Å². The molecule has 142 valence electrons. The van der Waals surface area contributed by atoms with E-state index in [0.717, 1.165) is 24.8 Å². The van der Waals surface area contributed by atoms with Crippen molar-refractivity contribution in [3.05, 3.63) is 52.7 Å². The number of unbranched alkanes of at least 4 members (excludes halogenated alkanes) is 2. The van der Waals surface area contributed by atoms with Gasteiger partial charge in [-0.1, -0.05) is 37.6 Å². The number of piperidine rings is 1. The van der Waals surface area contributed by atoms with Crippen molar-refractivity contribution in [2.45, 2.75) is 57.4 Å². The number of hydrogen-bond donors (Lipinski definition) is 1. The van der Waals surface area contributed by atoms with E-state index < -0.39 is 0 Å². The molecule has 0 saturated carbocycles. The van der Waals surface area contributed by atoms with Crippen molar-refractivity contribution in [1.82, 2.24) is 0 Å². The molecule has 4 aliphatic rings. The van der Waals surface area contributed by atoms with Crippen LogP contribution in [-0.2, 0) is 10.2 Å². The number of allylic oxidation sites excluding steroid dienone is 2. The quantitative estimate of drug-likeness (QED) is 0.360. The van der Waals surface area contributed by atoms with Crippen molar-refractivity contribution in [1.29, 1.82) is 0 Å². The molecule has 1 aliphatic carbocycles. The molecule has 3 aliphatic heterocycles. The zero-order chi connectivity index (χ0) is 18.6. The fourth-order valence-electron chi connectivity index (χ4n) is 6.91. The van der Waals surface area contributed by atoms with Crippen LogP contribution in [0.15, 0.2) is 47.2 Å². The Labute approximate surface area is 162 Å². The summed E-state index contributed by atoms with van der Waals surface area (Å²) in [4.78, 5) is 12.2. The number of rotatable bonds is 5. The Hall–Kier alpha value is -1.87. The van der Waals surface area contributed by atoms with Crippen molar-refractivity contribution in [3.63, 3.8) is 0 Å². The van der Waals surface area contributed by atoms with Gasteiger partial charge in [-0.25, -0.2) is 0 Å². The van der Waals surface area contributed by atoms with Crippen LogP contribution in [0.1, 0.15) is 51.5 Å². The minimum absolute atomic E-state index is 0.0365. The van der Waals surface area contributed by atoms with E-state index in [1.807, 2.05) is 0 Å². The van der Waals surface area contributed by atoms with E-state index >= 15 is 0 Å². The zero-order valence-corrected chi connectivity index (χ0v) is 16.6. The Bertz CT molecular complexity index is 854. The molecule has 27 heavy (non-hydrogen) atoms. The second-order valence-electron chi connectivity index (χ2n) is 9.04. The number of fused-ring (bicyclic) bond motifs is 2. The summed E-state index contributed by atoms with van der Waals surface area (Å²) in [6.07, 6.45) is 9.70. The van der Waals surface area contributed by atoms with Crippen LogP contribution in [0.25, 0.3) is 0 Å². The number of benzene rings is 1. The predicted molar refractivity (Wildman–Crippen MR) is 109 cm³/mol. The minimum Gasteiger partial charge on any atom is -0.357 e. The Morgan fingerprint density at radius 1 is 1.30 bits per heavy atom. The molecule has 0 amide bonds. The second kappa shape index (κ2) is 6.07. The maximum Gasteiger partial charge on any atom is 0.148 e. The van der Waals surface area contributed by atoms with Crippen LogP contribution in [0.3, 0.4) is 0 Å². The summed E-state index contributed by atoms with van der Waals surface area (Å²) in [6, 6.07) is 9.41. The fraction of sp³-hybridized carbons (Fsp3) is 0.542. The van der Waals surface area contributed by atoms with Crippen molar-refractivity contribution in [3.8, 4) is 0 Å². The summed E-state index contributed by atoms with van der Waals surface area (Å²) in [5, 5.41) is 3.72.